The third kappa shape index (κ3) is 4.15. The van der Waals surface area contributed by atoms with Gasteiger partial charge in [0.2, 0.25) is 0 Å². The lowest BCUT2D eigenvalue weighted by Crippen LogP contribution is -1.92. The first kappa shape index (κ1) is 7.99. The van der Waals surface area contributed by atoms with Crippen molar-refractivity contribution in [2.24, 2.45) is 0 Å². The van der Waals surface area contributed by atoms with Gasteiger partial charge in [0, 0.05) is 5.03 Å². The van der Waals surface area contributed by atoms with Gasteiger partial charge in [-0.15, -0.1) is 0 Å². The maximum absolute atomic E-state index is 5.64. The van der Waals surface area contributed by atoms with Crippen molar-refractivity contribution in [3.8, 4) is 0 Å². The summed E-state index contributed by atoms with van der Waals surface area (Å²) in [6, 6.07) is 0. The van der Waals surface area contributed by atoms with Crippen LogP contribution in [0.1, 0.15) is 0 Å². The molecule has 0 fully saturated rings. The van der Waals surface area contributed by atoms with Gasteiger partial charge in [0.05, 0.1) is 8.80 Å². The molecule has 0 rings (SSSR count). The zero-order valence-electron chi connectivity index (χ0n) is 5.32. The normalized spacial score (nSPS) is 12.2. The average Bonchev–Trinajstić information content (AvgIpc) is 1.65. The lowest BCUT2D eigenvalue weighted by Gasteiger charge is -1.90. The summed E-state index contributed by atoms with van der Waals surface area (Å²) in [5.74, 6) is 0. The second-order valence-electron chi connectivity index (χ2n) is 2.00. The summed E-state index contributed by atoms with van der Waals surface area (Å²) in [5.41, 5.74) is 2.09. The van der Waals surface area contributed by atoms with E-state index in [1.165, 1.54) is 0 Å². The maximum atomic E-state index is 5.64. The minimum absolute atomic E-state index is 0.611. The minimum Gasteiger partial charge on any atom is -0.0976 e. The molecule has 0 aromatic heterocycles. The van der Waals surface area contributed by atoms with Crippen LogP contribution in [0.25, 0.3) is 0 Å². The first-order chi connectivity index (χ1) is 3.66. The minimum atomic E-state index is -0.611. The molecule has 0 N–H and O–H groups in total. The third-order valence-corrected chi connectivity index (χ3v) is 2.20. The Morgan fingerprint density at radius 1 is 1.62 bits per heavy atom. The standard InChI is InChI=1S/C6H11ClSi/c1-4-6(7)5-8(2)3/h4-5,8H,1H2,2-3H3/b6-5+. The highest BCUT2D eigenvalue weighted by atomic mass is 35.5. The van der Waals surface area contributed by atoms with Gasteiger partial charge in [0.25, 0.3) is 0 Å². The average molecular weight is 147 g/mol. The van der Waals surface area contributed by atoms with E-state index < -0.39 is 8.80 Å². The number of halogens is 1. The molecule has 0 saturated heterocycles. The number of hydrogen-bond acceptors (Lipinski definition) is 0. The predicted molar refractivity (Wildman–Crippen MR) is 43.0 cm³/mol. The van der Waals surface area contributed by atoms with Crippen LogP contribution in [0, 0.1) is 0 Å². The summed E-state index contributed by atoms with van der Waals surface area (Å²) in [6.07, 6.45) is 1.68. The summed E-state index contributed by atoms with van der Waals surface area (Å²) >= 11 is 5.64. The second-order valence-corrected chi connectivity index (χ2v) is 5.26. The van der Waals surface area contributed by atoms with Gasteiger partial charge in [0.1, 0.15) is 0 Å². The van der Waals surface area contributed by atoms with E-state index in [2.05, 4.69) is 25.4 Å². The molecule has 0 amide bonds. The van der Waals surface area contributed by atoms with Crippen LogP contribution >= 0.6 is 11.6 Å². The Balaban J connectivity index is 3.74. The van der Waals surface area contributed by atoms with Gasteiger partial charge in [-0.2, -0.15) is 0 Å². The van der Waals surface area contributed by atoms with Crippen LogP contribution in [0.3, 0.4) is 0 Å². The first-order valence-electron chi connectivity index (χ1n) is 2.66. The van der Waals surface area contributed by atoms with Crippen LogP contribution in [-0.2, 0) is 0 Å². The molecule has 0 bridgehead atoms. The zero-order valence-corrected chi connectivity index (χ0v) is 7.23. The molecule has 46 valence electrons. The van der Waals surface area contributed by atoms with Gasteiger partial charge in [-0.3, -0.25) is 0 Å². The lowest BCUT2D eigenvalue weighted by molar-refractivity contribution is 1.90. The fourth-order valence-electron chi connectivity index (χ4n) is 0.386. The van der Waals surface area contributed by atoms with Crippen molar-refractivity contribution in [2.75, 3.05) is 0 Å². The Morgan fingerprint density at radius 3 is 2.25 bits per heavy atom. The van der Waals surface area contributed by atoms with Crippen molar-refractivity contribution in [1.29, 1.82) is 0 Å². The number of allylic oxidation sites excluding steroid dienone is 2. The Hall–Kier alpha value is -0.0131. The van der Waals surface area contributed by atoms with Crippen LogP contribution in [-0.4, -0.2) is 8.80 Å². The smallest absolute Gasteiger partial charge is 0.0573 e. The summed E-state index contributed by atoms with van der Waals surface area (Å²) in [6.45, 7) is 7.96. The second kappa shape index (κ2) is 3.93. The van der Waals surface area contributed by atoms with E-state index in [4.69, 9.17) is 11.6 Å². The van der Waals surface area contributed by atoms with E-state index >= 15 is 0 Å². The highest BCUT2D eigenvalue weighted by molar-refractivity contribution is 6.63. The molecule has 0 unspecified atom stereocenters. The van der Waals surface area contributed by atoms with Gasteiger partial charge in [-0.05, 0) is 0 Å². The molecular weight excluding hydrogens is 136 g/mol. The maximum Gasteiger partial charge on any atom is 0.0573 e. The van der Waals surface area contributed by atoms with E-state index in [1.807, 2.05) is 0 Å². The van der Waals surface area contributed by atoms with Crippen molar-refractivity contribution < 1.29 is 0 Å². The molecular formula is C6H11ClSi. The van der Waals surface area contributed by atoms with Crippen LogP contribution in [0.2, 0.25) is 13.1 Å². The molecule has 0 aromatic rings. The van der Waals surface area contributed by atoms with Gasteiger partial charge >= 0.3 is 0 Å². The van der Waals surface area contributed by atoms with E-state index in [0.717, 1.165) is 5.03 Å². The molecule has 0 aromatic carbocycles. The summed E-state index contributed by atoms with van der Waals surface area (Å²) in [7, 11) is -0.611. The molecule has 0 aliphatic heterocycles. The van der Waals surface area contributed by atoms with Crippen LogP contribution in [0.5, 0.6) is 0 Å². The Morgan fingerprint density at radius 2 is 2.12 bits per heavy atom. The molecule has 0 radical (unpaired) electrons. The van der Waals surface area contributed by atoms with E-state index in [1.54, 1.807) is 6.08 Å². The van der Waals surface area contributed by atoms with E-state index in [0.29, 0.717) is 0 Å². The van der Waals surface area contributed by atoms with Crippen molar-refractivity contribution >= 4 is 20.4 Å². The topological polar surface area (TPSA) is 0 Å². The SMILES string of the molecule is C=C/C(Cl)=C\[SiH](C)C. The van der Waals surface area contributed by atoms with Crippen molar-refractivity contribution in [3.05, 3.63) is 23.4 Å². The van der Waals surface area contributed by atoms with Crippen LogP contribution in [0.4, 0.5) is 0 Å². The molecule has 0 aliphatic carbocycles. The summed E-state index contributed by atoms with van der Waals surface area (Å²) in [4.78, 5) is 0. The van der Waals surface area contributed by atoms with Gasteiger partial charge < -0.3 is 0 Å². The lowest BCUT2D eigenvalue weighted by atomic mass is 10.6. The quantitative estimate of drug-likeness (QED) is 0.415. The Bertz CT molecular complexity index is 105. The van der Waals surface area contributed by atoms with Crippen molar-refractivity contribution in [2.45, 2.75) is 13.1 Å². The fraction of sp³-hybridized carbons (Fsp3) is 0.333. The molecule has 0 aliphatic rings. The highest BCUT2D eigenvalue weighted by Crippen LogP contribution is 2.01. The molecule has 2 heteroatoms. The first-order valence-corrected chi connectivity index (χ1v) is 6.02. The zero-order chi connectivity index (χ0) is 6.57. The number of hydrogen-bond donors (Lipinski definition) is 0. The van der Waals surface area contributed by atoms with Crippen molar-refractivity contribution in [1.82, 2.24) is 0 Å². The van der Waals surface area contributed by atoms with Gasteiger partial charge in [-0.25, -0.2) is 0 Å². The molecule has 8 heavy (non-hydrogen) atoms. The third-order valence-electron chi connectivity index (χ3n) is 0.688. The molecule has 0 saturated carbocycles. The predicted octanol–water partition coefficient (Wildman–Crippen LogP) is 2.32. The highest BCUT2D eigenvalue weighted by Gasteiger charge is 1.88. The van der Waals surface area contributed by atoms with Crippen LogP contribution < -0.4 is 0 Å². The largest absolute Gasteiger partial charge is 0.0976 e. The Labute approximate surface area is 57.5 Å². The summed E-state index contributed by atoms with van der Waals surface area (Å²) < 4.78 is 0. The number of rotatable bonds is 2. The molecule has 0 spiro atoms. The van der Waals surface area contributed by atoms with Gasteiger partial charge in [0.15, 0.2) is 0 Å². The van der Waals surface area contributed by atoms with Gasteiger partial charge in [-0.1, -0.05) is 43.0 Å². The fourth-order valence-corrected chi connectivity index (χ4v) is 1.92. The van der Waals surface area contributed by atoms with Crippen LogP contribution in [0.15, 0.2) is 23.4 Å². The Kier molecular flexibility index (Phi) is 3.92. The van der Waals surface area contributed by atoms with E-state index in [-0.39, 0.29) is 0 Å². The molecule has 0 nitrogen and oxygen atoms in total. The molecule has 0 heterocycles. The summed E-state index contributed by atoms with van der Waals surface area (Å²) in [5, 5.41) is 0.798. The van der Waals surface area contributed by atoms with Crippen molar-refractivity contribution in [3.63, 3.8) is 0 Å². The van der Waals surface area contributed by atoms with E-state index in [9.17, 15) is 0 Å². The monoisotopic (exact) mass is 146 g/mol. The molecule has 0 atom stereocenters.